The van der Waals surface area contributed by atoms with Crippen molar-refractivity contribution in [3.05, 3.63) is 33.9 Å². The van der Waals surface area contributed by atoms with E-state index in [1.807, 2.05) is 18.7 Å². The lowest BCUT2D eigenvalue weighted by Gasteiger charge is -2.35. The SMILES string of the molecule is CCn1cc(C(=O)O)c(=O)c2cc(F)c(N3CCNC(C)C3)c(OC)c21. The average molecular weight is 363 g/mol. The summed E-state index contributed by atoms with van der Waals surface area (Å²) in [6, 6.07) is 1.31. The highest BCUT2D eigenvalue weighted by Gasteiger charge is 2.27. The standard InChI is InChI=1S/C18H22FN3O4/c1-4-21-9-12(18(24)25)16(23)11-7-13(19)15(17(26-3)14(11)21)22-6-5-20-10(2)8-22/h7,9-10,20H,4-6,8H2,1-3H3,(H,24,25). The van der Waals surface area contributed by atoms with Crippen LogP contribution in [0.2, 0.25) is 0 Å². The summed E-state index contributed by atoms with van der Waals surface area (Å²) < 4.78 is 22.1. The number of rotatable bonds is 4. The number of hydrogen-bond acceptors (Lipinski definition) is 5. The summed E-state index contributed by atoms with van der Waals surface area (Å²) in [5.41, 5.74) is -0.385. The molecule has 0 amide bonds. The summed E-state index contributed by atoms with van der Waals surface area (Å²) in [6.07, 6.45) is 1.29. The highest BCUT2D eigenvalue weighted by Crippen LogP contribution is 2.38. The Morgan fingerprint density at radius 2 is 2.23 bits per heavy atom. The molecule has 1 aliphatic heterocycles. The van der Waals surface area contributed by atoms with E-state index < -0.39 is 17.2 Å². The number of anilines is 1. The van der Waals surface area contributed by atoms with Gasteiger partial charge in [-0.1, -0.05) is 0 Å². The van der Waals surface area contributed by atoms with Gasteiger partial charge in [0.15, 0.2) is 11.6 Å². The second-order valence-corrected chi connectivity index (χ2v) is 6.40. The van der Waals surface area contributed by atoms with E-state index in [0.717, 1.165) is 6.07 Å². The second-order valence-electron chi connectivity index (χ2n) is 6.40. The largest absolute Gasteiger partial charge is 0.492 e. The smallest absolute Gasteiger partial charge is 0.341 e. The first-order valence-corrected chi connectivity index (χ1v) is 8.54. The molecule has 26 heavy (non-hydrogen) atoms. The minimum Gasteiger partial charge on any atom is -0.492 e. The van der Waals surface area contributed by atoms with Crippen molar-refractivity contribution in [2.75, 3.05) is 31.6 Å². The predicted octanol–water partition coefficient (Wildman–Crippen LogP) is 1.67. The molecule has 7 nitrogen and oxygen atoms in total. The summed E-state index contributed by atoms with van der Waals surface area (Å²) in [5.74, 6) is -1.67. The molecule has 0 aliphatic carbocycles. The summed E-state index contributed by atoms with van der Waals surface area (Å²) in [6.45, 7) is 6.16. The van der Waals surface area contributed by atoms with Gasteiger partial charge < -0.3 is 24.6 Å². The molecule has 1 fully saturated rings. The average Bonchev–Trinajstić information content (AvgIpc) is 2.61. The number of nitrogens with one attached hydrogen (secondary N) is 1. The number of fused-ring (bicyclic) bond motifs is 1. The van der Waals surface area contributed by atoms with Gasteiger partial charge in [-0.25, -0.2) is 9.18 Å². The number of carbonyl (C=O) groups is 1. The van der Waals surface area contributed by atoms with Crippen molar-refractivity contribution < 1.29 is 19.0 Å². The Balaban J connectivity index is 2.35. The highest BCUT2D eigenvalue weighted by atomic mass is 19.1. The van der Waals surface area contributed by atoms with Crippen LogP contribution < -0.4 is 20.4 Å². The van der Waals surface area contributed by atoms with E-state index in [1.165, 1.54) is 13.3 Å². The van der Waals surface area contributed by atoms with Gasteiger partial charge in [0.25, 0.3) is 0 Å². The number of methoxy groups -OCH3 is 1. The Bertz CT molecular complexity index is 925. The van der Waals surface area contributed by atoms with E-state index in [9.17, 15) is 19.1 Å². The fraction of sp³-hybridized carbons (Fsp3) is 0.444. The van der Waals surface area contributed by atoms with E-state index in [4.69, 9.17) is 4.74 Å². The zero-order chi connectivity index (χ0) is 19.0. The van der Waals surface area contributed by atoms with Crippen molar-refractivity contribution in [2.24, 2.45) is 0 Å². The first kappa shape index (κ1) is 18.2. The molecule has 3 rings (SSSR count). The van der Waals surface area contributed by atoms with Gasteiger partial charge in [0, 0.05) is 38.4 Å². The van der Waals surface area contributed by atoms with Gasteiger partial charge in [0.05, 0.1) is 18.0 Å². The van der Waals surface area contributed by atoms with Crippen LogP contribution in [0, 0.1) is 5.82 Å². The molecular weight excluding hydrogens is 341 g/mol. The van der Waals surface area contributed by atoms with Crippen molar-refractivity contribution in [3.63, 3.8) is 0 Å². The summed E-state index contributed by atoms with van der Waals surface area (Å²) in [5, 5.41) is 12.6. The minimum atomic E-state index is -1.33. The third kappa shape index (κ3) is 2.90. The Labute approximate surface area is 150 Å². The Morgan fingerprint density at radius 3 is 2.81 bits per heavy atom. The molecule has 2 heterocycles. The van der Waals surface area contributed by atoms with Crippen LogP contribution in [0.4, 0.5) is 10.1 Å². The lowest BCUT2D eigenvalue weighted by atomic mass is 10.1. The lowest BCUT2D eigenvalue weighted by molar-refractivity contribution is 0.0695. The zero-order valence-electron chi connectivity index (χ0n) is 15.0. The number of benzene rings is 1. The molecule has 1 atom stereocenters. The van der Waals surface area contributed by atoms with E-state index in [0.29, 0.717) is 37.4 Å². The van der Waals surface area contributed by atoms with Crippen molar-refractivity contribution in [2.45, 2.75) is 26.4 Å². The van der Waals surface area contributed by atoms with E-state index >= 15 is 0 Å². The van der Waals surface area contributed by atoms with Crippen LogP contribution in [-0.4, -0.2) is 48.4 Å². The molecule has 0 bridgehead atoms. The molecule has 1 aromatic carbocycles. The maximum Gasteiger partial charge on any atom is 0.341 e. The molecule has 1 aliphatic rings. The zero-order valence-corrected chi connectivity index (χ0v) is 15.0. The summed E-state index contributed by atoms with van der Waals surface area (Å²) >= 11 is 0. The lowest BCUT2D eigenvalue weighted by Crippen LogP contribution is -2.49. The number of piperazine rings is 1. The van der Waals surface area contributed by atoms with Crippen molar-refractivity contribution >= 4 is 22.6 Å². The van der Waals surface area contributed by atoms with Crippen LogP contribution in [0.25, 0.3) is 10.9 Å². The number of carboxylic acids is 1. The van der Waals surface area contributed by atoms with Crippen LogP contribution in [0.1, 0.15) is 24.2 Å². The fourth-order valence-corrected chi connectivity index (χ4v) is 3.51. The number of nitrogens with zero attached hydrogens (tertiary/aromatic N) is 2. The van der Waals surface area contributed by atoms with Gasteiger partial charge in [0.1, 0.15) is 11.3 Å². The molecule has 2 N–H and O–H groups in total. The molecule has 0 spiro atoms. The number of carboxylic acid groups (broad SMARTS) is 1. The minimum absolute atomic E-state index is 0.00744. The fourth-order valence-electron chi connectivity index (χ4n) is 3.51. The Kier molecular flexibility index (Phi) is 4.86. The third-order valence-corrected chi connectivity index (χ3v) is 4.70. The molecule has 0 radical (unpaired) electrons. The predicted molar refractivity (Wildman–Crippen MR) is 97.0 cm³/mol. The third-order valence-electron chi connectivity index (χ3n) is 4.70. The maximum absolute atomic E-state index is 15.0. The van der Waals surface area contributed by atoms with Crippen LogP contribution in [0.15, 0.2) is 17.1 Å². The summed E-state index contributed by atoms with van der Waals surface area (Å²) in [4.78, 5) is 25.8. The van der Waals surface area contributed by atoms with Gasteiger partial charge >= 0.3 is 5.97 Å². The number of aromatic nitrogens is 1. The van der Waals surface area contributed by atoms with Gasteiger partial charge in [-0.2, -0.15) is 0 Å². The molecule has 1 unspecified atom stereocenters. The number of pyridine rings is 1. The molecule has 1 saturated heterocycles. The molecule has 8 heteroatoms. The number of aryl methyl sites for hydroxylation is 1. The number of hydrogen-bond donors (Lipinski definition) is 2. The highest BCUT2D eigenvalue weighted by molar-refractivity contribution is 5.97. The molecular formula is C18H22FN3O4. The number of ether oxygens (including phenoxy) is 1. The Hall–Kier alpha value is -2.61. The van der Waals surface area contributed by atoms with Crippen molar-refractivity contribution in [1.82, 2.24) is 9.88 Å². The van der Waals surface area contributed by atoms with Gasteiger partial charge in [-0.15, -0.1) is 0 Å². The first-order valence-electron chi connectivity index (χ1n) is 8.54. The van der Waals surface area contributed by atoms with Crippen LogP contribution in [0.3, 0.4) is 0 Å². The molecule has 1 aromatic heterocycles. The molecule has 140 valence electrons. The van der Waals surface area contributed by atoms with E-state index in [1.54, 1.807) is 4.57 Å². The van der Waals surface area contributed by atoms with Crippen LogP contribution in [-0.2, 0) is 6.54 Å². The van der Waals surface area contributed by atoms with Crippen LogP contribution >= 0.6 is 0 Å². The summed E-state index contributed by atoms with van der Waals surface area (Å²) in [7, 11) is 1.43. The quantitative estimate of drug-likeness (QED) is 0.860. The van der Waals surface area contributed by atoms with Crippen molar-refractivity contribution in [3.8, 4) is 5.75 Å². The van der Waals surface area contributed by atoms with Crippen molar-refractivity contribution in [1.29, 1.82) is 0 Å². The van der Waals surface area contributed by atoms with Gasteiger partial charge in [-0.05, 0) is 19.9 Å². The molecule has 0 saturated carbocycles. The number of halogens is 1. The Morgan fingerprint density at radius 1 is 1.50 bits per heavy atom. The van der Waals surface area contributed by atoms with E-state index in [2.05, 4.69) is 5.32 Å². The van der Waals surface area contributed by atoms with Gasteiger partial charge in [-0.3, -0.25) is 4.79 Å². The molecule has 2 aromatic rings. The van der Waals surface area contributed by atoms with Gasteiger partial charge in [0.2, 0.25) is 5.43 Å². The van der Waals surface area contributed by atoms with Crippen LogP contribution in [0.5, 0.6) is 5.75 Å². The topological polar surface area (TPSA) is 83.8 Å². The monoisotopic (exact) mass is 363 g/mol. The second kappa shape index (κ2) is 6.95. The van der Waals surface area contributed by atoms with E-state index in [-0.39, 0.29) is 22.7 Å². The first-order chi connectivity index (χ1) is 12.4. The maximum atomic E-state index is 15.0. The number of aromatic carboxylic acids is 1. The normalized spacial score (nSPS) is 17.5.